The summed E-state index contributed by atoms with van der Waals surface area (Å²) in [6.07, 6.45) is 2.33. The lowest BCUT2D eigenvalue weighted by Gasteiger charge is -2.28. The van der Waals surface area contributed by atoms with E-state index in [9.17, 15) is 9.59 Å². The van der Waals surface area contributed by atoms with Crippen LogP contribution < -0.4 is 20.7 Å². The topological polar surface area (TPSA) is 82.7 Å². The monoisotopic (exact) mass is 458 g/mol. The molecule has 1 saturated heterocycles. The summed E-state index contributed by atoms with van der Waals surface area (Å²) in [6, 6.07) is 23.9. The molecule has 1 heterocycles. The number of nitrogens with zero attached hydrogens (tertiary/aromatic N) is 1. The summed E-state index contributed by atoms with van der Waals surface area (Å²) in [4.78, 5) is 27.4. The minimum atomic E-state index is -0.338. The number of para-hydroxylation sites is 1. The van der Waals surface area contributed by atoms with Crippen LogP contribution in [-0.4, -0.2) is 43.6 Å². The van der Waals surface area contributed by atoms with Crippen LogP contribution in [0.3, 0.4) is 0 Å². The molecular weight excluding hydrogens is 428 g/mol. The molecule has 3 N–H and O–H groups in total. The first kappa shape index (κ1) is 23.3. The van der Waals surface area contributed by atoms with Gasteiger partial charge in [0.05, 0.1) is 13.2 Å². The second-order valence-corrected chi connectivity index (χ2v) is 8.27. The number of carbonyl (C=O) groups excluding carboxylic acids is 2. The van der Waals surface area contributed by atoms with Crippen molar-refractivity contribution >= 4 is 23.3 Å². The average Bonchev–Trinajstić information content (AvgIpc) is 3.40. The fourth-order valence-electron chi connectivity index (χ4n) is 4.17. The van der Waals surface area contributed by atoms with Crippen molar-refractivity contribution in [3.63, 3.8) is 0 Å². The molecule has 1 aliphatic rings. The molecule has 1 unspecified atom stereocenters. The summed E-state index contributed by atoms with van der Waals surface area (Å²) in [7, 11) is 1.66. The maximum Gasteiger partial charge on any atom is 0.323 e. The van der Waals surface area contributed by atoms with Crippen LogP contribution in [0, 0.1) is 0 Å². The Morgan fingerprint density at radius 1 is 0.882 bits per heavy atom. The van der Waals surface area contributed by atoms with Gasteiger partial charge in [-0.1, -0.05) is 30.3 Å². The van der Waals surface area contributed by atoms with Crippen molar-refractivity contribution in [3.05, 3.63) is 90.0 Å². The van der Waals surface area contributed by atoms with Gasteiger partial charge in [-0.15, -0.1) is 0 Å². The highest BCUT2D eigenvalue weighted by atomic mass is 16.5. The minimum Gasteiger partial charge on any atom is -0.497 e. The molecule has 0 bridgehead atoms. The van der Waals surface area contributed by atoms with Gasteiger partial charge in [-0.2, -0.15) is 0 Å². The van der Waals surface area contributed by atoms with E-state index in [2.05, 4.69) is 26.9 Å². The molecule has 1 atom stereocenters. The van der Waals surface area contributed by atoms with Gasteiger partial charge >= 0.3 is 6.03 Å². The number of methoxy groups -OCH3 is 1. The standard InChI is InChI=1S/C27H30N4O3/c1-34-24-11-7-8-21(18-24)25(31-16-5-6-17-31)19-28-26(32)20-12-14-23(15-13-20)30-27(33)29-22-9-3-2-4-10-22/h2-4,7-15,18,25H,5-6,16-17,19H2,1H3,(H,28,32)(H2,29,30,33). The maximum atomic E-state index is 12.8. The highest BCUT2D eigenvalue weighted by Crippen LogP contribution is 2.27. The molecule has 0 aromatic heterocycles. The van der Waals surface area contributed by atoms with Crippen molar-refractivity contribution in [1.82, 2.24) is 10.2 Å². The van der Waals surface area contributed by atoms with Crippen molar-refractivity contribution in [3.8, 4) is 5.75 Å². The van der Waals surface area contributed by atoms with E-state index < -0.39 is 0 Å². The van der Waals surface area contributed by atoms with Crippen LogP contribution in [0.2, 0.25) is 0 Å². The van der Waals surface area contributed by atoms with E-state index in [1.165, 1.54) is 12.8 Å². The van der Waals surface area contributed by atoms with Gasteiger partial charge in [0.15, 0.2) is 0 Å². The fourth-order valence-corrected chi connectivity index (χ4v) is 4.17. The van der Waals surface area contributed by atoms with Crippen LogP contribution in [0.25, 0.3) is 0 Å². The number of hydrogen-bond acceptors (Lipinski definition) is 4. The van der Waals surface area contributed by atoms with Gasteiger partial charge in [0.2, 0.25) is 0 Å². The molecule has 34 heavy (non-hydrogen) atoms. The molecule has 3 amide bonds. The zero-order valence-corrected chi connectivity index (χ0v) is 19.3. The highest BCUT2D eigenvalue weighted by molar-refractivity contribution is 6.00. The van der Waals surface area contributed by atoms with Crippen molar-refractivity contribution in [2.45, 2.75) is 18.9 Å². The summed E-state index contributed by atoms with van der Waals surface area (Å²) in [5.74, 6) is 0.666. The molecular formula is C27H30N4O3. The number of rotatable bonds is 8. The largest absolute Gasteiger partial charge is 0.497 e. The van der Waals surface area contributed by atoms with Crippen molar-refractivity contribution in [1.29, 1.82) is 0 Å². The molecule has 1 fully saturated rings. The molecule has 4 rings (SSSR count). The fraction of sp³-hybridized carbons (Fsp3) is 0.259. The normalized spacial score (nSPS) is 14.3. The van der Waals surface area contributed by atoms with Crippen LogP contribution in [0.15, 0.2) is 78.9 Å². The highest BCUT2D eigenvalue weighted by Gasteiger charge is 2.24. The predicted molar refractivity (Wildman–Crippen MR) is 134 cm³/mol. The Morgan fingerprint density at radius 2 is 1.56 bits per heavy atom. The van der Waals surface area contributed by atoms with Crippen LogP contribution in [0.5, 0.6) is 5.75 Å². The van der Waals surface area contributed by atoms with E-state index in [0.717, 1.165) is 24.4 Å². The number of likely N-dealkylation sites (tertiary alicyclic amines) is 1. The lowest BCUT2D eigenvalue weighted by atomic mass is 10.0. The van der Waals surface area contributed by atoms with Gasteiger partial charge in [0.25, 0.3) is 5.91 Å². The molecule has 0 radical (unpaired) electrons. The average molecular weight is 459 g/mol. The molecule has 0 aliphatic carbocycles. The van der Waals surface area contributed by atoms with Gasteiger partial charge in [-0.3, -0.25) is 9.69 Å². The summed E-state index contributed by atoms with van der Waals surface area (Å²) in [5, 5.41) is 8.63. The number of anilines is 2. The van der Waals surface area contributed by atoms with E-state index in [4.69, 9.17) is 4.74 Å². The third-order valence-electron chi connectivity index (χ3n) is 5.95. The first-order chi connectivity index (χ1) is 16.6. The predicted octanol–water partition coefficient (Wildman–Crippen LogP) is 4.91. The Kier molecular flexibility index (Phi) is 7.78. The molecule has 1 aliphatic heterocycles. The Balaban J connectivity index is 1.35. The molecule has 7 heteroatoms. The minimum absolute atomic E-state index is 0.0872. The van der Waals surface area contributed by atoms with E-state index in [-0.39, 0.29) is 18.0 Å². The first-order valence-electron chi connectivity index (χ1n) is 11.5. The van der Waals surface area contributed by atoms with E-state index in [1.54, 1.807) is 31.4 Å². The van der Waals surface area contributed by atoms with Crippen LogP contribution in [0.4, 0.5) is 16.2 Å². The van der Waals surface area contributed by atoms with Gasteiger partial charge in [-0.05, 0) is 80.0 Å². The van der Waals surface area contributed by atoms with Crippen LogP contribution in [0.1, 0.15) is 34.8 Å². The third-order valence-corrected chi connectivity index (χ3v) is 5.95. The lowest BCUT2D eigenvalue weighted by Crippen LogP contribution is -2.36. The Labute approximate surface area is 200 Å². The molecule has 0 saturated carbocycles. The summed E-state index contributed by atoms with van der Waals surface area (Å²) >= 11 is 0. The Hall–Kier alpha value is -3.84. The summed E-state index contributed by atoms with van der Waals surface area (Å²) < 4.78 is 5.39. The first-order valence-corrected chi connectivity index (χ1v) is 11.5. The van der Waals surface area contributed by atoms with E-state index >= 15 is 0 Å². The SMILES string of the molecule is COc1cccc(C(CNC(=O)c2ccc(NC(=O)Nc3ccccc3)cc2)N2CCCC2)c1. The maximum absolute atomic E-state index is 12.8. The number of urea groups is 1. The van der Waals surface area contributed by atoms with Crippen LogP contribution >= 0.6 is 0 Å². The Morgan fingerprint density at radius 3 is 2.24 bits per heavy atom. The Bertz CT molecular complexity index is 1100. The molecule has 3 aromatic rings. The zero-order chi connectivity index (χ0) is 23.8. The number of hydrogen-bond donors (Lipinski definition) is 3. The summed E-state index contributed by atoms with van der Waals surface area (Å²) in [5.41, 5.74) is 2.99. The van der Waals surface area contributed by atoms with Gasteiger partial charge < -0.3 is 20.7 Å². The molecule has 3 aromatic carbocycles. The number of nitrogens with one attached hydrogen (secondary N) is 3. The van der Waals surface area contributed by atoms with E-state index in [0.29, 0.717) is 23.5 Å². The molecule has 7 nitrogen and oxygen atoms in total. The molecule has 176 valence electrons. The smallest absolute Gasteiger partial charge is 0.323 e. The van der Waals surface area contributed by atoms with Crippen molar-refractivity contribution in [2.24, 2.45) is 0 Å². The van der Waals surface area contributed by atoms with Gasteiger partial charge in [-0.25, -0.2) is 4.79 Å². The lowest BCUT2D eigenvalue weighted by molar-refractivity contribution is 0.0938. The number of benzene rings is 3. The second-order valence-electron chi connectivity index (χ2n) is 8.27. The van der Waals surface area contributed by atoms with E-state index in [1.807, 2.05) is 48.5 Å². The third kappa shape index (κ3) is 6.14. The number of amides is 3. The number of carbonyl (C=O) groups is 2. The van der Waals surface area contributed by atoms with Crippen molar-refractivity contribution < 1.29 is 14.3 Å². The summed E-state index contributed by atoms with van der Waals surface area (Å²) in [6.45, 7) is 2.54. The van der Waals surface area contributed by atoms with Crippen molar-refractivity contribution in [2.75, 3.05) is 37.4 Å². The second kappa shape index (κ2) is 11.3. The molecule has 0 spiro atoms. The zero-order valence-electron chi connectivity index (χ0n) is 19.3. The van der Waals surface area contributed by atoms with Gasteiger partial charge in [0, 0.05) is 23.5 Å². The quantitative estimate of drug-likeness (QED) is 0.448. The van der Waals surface area contributed by atoms with Gasteiger partial charge in [0.1, 0.15) is 5.75 Å². The van der Waals surface area contributed by atoms with Crippen LogP contribution in [-0.2, 0) is 0 Å². The number of ether oxygens (including phenoxy) is 1.